The van der Waals surface area contributed by atoms with Crippen LogP contribution in [0.2, 0.25) is 0 Å². The number of pyridine rings is 1. The third kappa shape index (κ3) is 3.94. The Morgan fingerprint density at radius 2 is 2.13 bits per heavy atom. The Bertz CT molecular complexity index is 1110. The van der Waals surface area contributed by atoms with Crippen molar-refractivity contribution in [3.8, 4) is 11.6 Å². The van der Waals surface area contributed by atoms with E-state index in [1.807, 2.05) is 20.0 Å². The summed E-state index contributed by atoms with van der Waals surface area (Å²) >= 11 is 0. The van der Waals surface area contributed by atoms with Crippen molar-refractivity contribution in [2.45, 2.75) is 38.6 Å². The Balaban J connectivity index is 1.41. The highest BCUT2D eigenvalue weighted by atomic mass is 19.1. The number of aromatic nitrogens is 3. The molecule has 1 amide bonds. The molecular formula is C22H25FN4O3. The maximum atomic E-state index is 13.9. The Kier molecular flexibility index (Phi) is 5.32. The number of halogens is 1. The average molecular weight is 412 g/mol. The standard InChI is InChI=1S/C22H25FN4O3/c1-12-9-19(25-22-20(12)21(14-5-6-14)26-27(22)3)30-11-18(28)24-13(2)15-7-8-17(29-4)16(23)10-15/h7-10,13-14H,5-6,11H2,1-4H3,(H,24,28). The lowest BCUT2D eigenvalue weighted by Gasteiger charge is -2.15. The molecule has 0 saturated heterocycles. The van der Waals surface area contributed by atoms with E-state index in [1.54, 1.807) is 17.7 Å². The minimum Gasteiger partial charge on any atom is -0.494 e. The van der Waals surface area contributed by atoms with Crippen LogP contribution in [-0.4, -0.2) is 34.4 Å². The quantitative estimate of drug-likeness (QED) is 0.642. The van der Waals surface area contributed by atoms with Crippen molar-refractivity contribution in [1.82, 2.24) is 20.1 Å². The number of fused-ring (bicyclic) bond motifs is 1. The fourth-order valence-corrected chi connectivity index (χ4v) is 3.61. The lowest BCUT2D eigenvalue weighted by molar-refractivity contribution is -0.123. The van der Waals surface area contributed by atoms with Gasteiger partial charge in [-0.1, -0.05) is 6.07 Å². The highest BCUT2D eigenvalue weighted by molar-refractivity contribution is 5.84. The minimum atomic E-state index is -0.470. The van der Waals surface area contributed by atoms with Gasteiger partial charge < -0.3 is 14.8 Å². The molecule has 1 N–H and O–H groups in total. The monoisotopic (exact) mass is 412 g/mol. The summed E-state index contributed by atoms with van der Waals surface area (Å²) in [5.74, 6) is 0.279. The van der Waals surface area contributed by atoms with Crippen molar-refractivity contribution < 1.29 is 18.7 Å². The van der Waals surface area contributed by atoms with Crippen LogP contribution >= 0.6 is 0 Å². The van der Waals surface area contributed by atoms with Gasteiger partial charge in [-0.3, -0.25) is 9.48 Å². The second-order valence-corrected chi connectivity index (χ2v) is 7.73. The first-order chi connectivity index (χ1) is 14.4. The van der Waals surface area contributed by atoms with Crippen LogP contribution < -0.4 is 14.8 Å². The van der Waals surface area contributed by atoms with Crippen LogP contribution in [0.4, 0.5) is 4.39 Å². The number of ether oxygens (including phenoxy) is 2. The third-order valence-corrected chi connectivity index (χ3v) is 5.36. The minimum absolute atomic E-state index is 0.164. The number of benzene rings is 1. The first kappa shape index (κ1) is 20.1. The van der Waals surface area contributed by atoms with E-state index in [9.17, 15) is 9.18 Å². The summed E-state index contributed by atoms with van der Waals surface area (Å²) in [6, 6.07) is 6.06. The molecule has 2 aromatic heterocycles. The van der Waals surface area contributed by atoms with E-state index in [0.717, 1.165) is 22.3 Å². The Labute approximate surface area is 174 Å². The van der Waals surface area contributed by atoms with Crippen LogP contribution in [0.1, 0.15) is 48.5 Å². The maximum absolute atomic E-state index is 13.9. The molecule has 30 heavy (non-hydrogen) atoms. The number of rotatable bonds is 7. The highest BCUT2D eigenvalue weighted by Gasteiger charge is 2.30. The molecule has 7 nitrogen and oxygen atoms in total. The topological polar surface area (TPSA) is 78.3 Å². The van der Waals surface area contributed by atoms with Gasteiger partial charge in [0.15, 0.2) is 23.8 Å². The van der Waals surface area contributed by atoms with Crippen LogP contribution in [0.3, 0.4) is 0 Å². The number of nitrogens with zero attached hydrogens (tertiary/aromatic N) is 3. The second-order valence-electron chi connectivity index (χ2n) is 7.73. The van der Waals surface area contributed by atoms with E-state index in [0.29, 0.717) is 17.4 Å². The van der Waals surface area contributed by atoms with Gasteiger partial charge >= 0.3 is 0 Å². The summed E-state index contributed by atoms with van der Waals surface area (Å²) in [4.78, 5) is 16.9. The molecule has 1 aliphatic carbocycles. The predicted molar refractivity (Wildman–Crippen MR) is 110 cm³/mol. The molecule has 1 unspecified atom stereocenters. The molecule has 0 bridgehead atoms. The normalized spacial score (nSPS) is 14.6. The second kappa shape index (κ2) is 7.93. The van der Waals surface area contributed by atoms with Gasteiger partial charge in [0.25, 0.3) is 5.91 Å². The number of amides is 1. The zero-order valence-electron chi connectivity index (χ0n) is 17.5. The van der Waals surface area contributed by atoms with Gasteiger partial charge in [0.05, 0.1) is 18.8 Å². The van der Waals surface area contributed by atoms with Crippen LogP contribution in [-0.2, 0) is 11.8 Å². The van der Waals surface area contributed by atoms with E-state index in [1.165, 1.54) is 32.1 Å². The molecule has 0 aliphatic heterocycles. The number of carbonyl (C=O) groups is 1. The zero-order valence-corrected chi connectivity index (χ0v) is 17.5. The fraction of sp³-hybridized carbons (Fsp3) is 0.409. The van der Waals surface area contributed by atoms with Crippen LogP contribution in [0, 0.1) is 12.7 Å². The molecule has 2 heterocycles. The van der Waals surface area contributed by atoms with E-state index < -0.39 is 5.82 Å². The number of methoxy groups -OCH3 is 1. The zero-order chi connectivity index (χ0) is 21.4. The molecule has 158 valence electrons. The Hall–Kier alpha value is -3.16. The molecule has 1 aromatic carbocycles. The van der Waals surface area contributed by atoms with Crippen molar-refractivity contribution in [3.05, 3.63) is 46.9 Å². The van der Waals surface area contributed by atoms with Crippen LogP contribution in [0.25, 0.3) is 11.0 Å². The lowest BCUT2D eigenvalue weighted by Crippen LogP contribution is -2.31. The van der Waals surface area contributed by atoms with Gasteiger partial charge in [-0.05, 0) is 49.9 Å². The number of aryl methyl sites for hydroxylation is 2. The van der Waals surface area contributed by atoms with Crippen LogP contribution in [0.5, 0.6) is 11.6 Å². The number of carbonyl (C=O) groups excluding carboxylic acids is 1. The van der Waals surface area contributed by atoms with Crippen LogP contribution in [0.15, 0.2) is 24.3 Å². The molecule has 3 aromatic rings. The average Bonchev–Trinajstić information content (AvgIpc) is 3.50. The summed E-state index contributed by atoms with van der Waals surface area (Å²) in [5, 5.41) is 8.50. The molecule has 1 aliphatic rings. The Morgan fingerprint density at radius 1 is 1.37 bits per heavy atom. The molecule has 1 fully saturated rings. The number of hydrogen-bond donors (Lipinski definition) is 1. The van der Waals surface area contributed by atoms with Gasteiger partial charge in [-0.15, -0.1) is 0 Å². The summed E-state index contributed by atoms with van der Waals surface area (Å²) in [6.45, 7) is 3.60. The number of hydrogen-bond acceptors (Lipinski definition) is 5. The maximum Gasteiger partial charge on any atom is 0.258 e. The first-order valence-electron chi connectivity index (χ1n) is 9.97. The molecular weight excluding hydrogens is 387 g/mol. The van der Waals surface area contributed by atoms with Crippen molar-refractivity contribution >= 4 is 16.9 Å². The molecule has 1 atom stereocenters. The summed E-state index contributed by atoms with van der Waals surface area (Å²) < 4.78 is 26.2. The van der Waals surface area contributed by atoms with Crippen molar-refractivity contribution in [2.24, 2.45) is 7.05 Å². The molecule has 8 heteroatoms. The van der Waals surface area contributed by atoms with E-state index in [-0.39, 0.29) is 24.3 Å². The van der Waals surface area contributed by atoms with Gasteiger partial charge in [-0.25, -0.2) is 4.39 Å². The SMILES string of the molecule is COc1ccc(C(C)NC(=O)COc2cc(C)c3c(C4CC4)nn(C)c3n2)cc1F. The van der Waals surface area contributed by atoms with E-state index in [2.05, 4.69) is 15.4 Å². The van der Waals surface area contributed by atoms with E-state index in [4.69, 9.17) is 9.47 Å². The summed E-state index contributed by atoms with van der Waals surface area (Å²) in [7, 11) is 3.28. The van der Waals surface area contributed by atoms with Crippen molar-refractivity contribution in [3.63, 3.8) is 0 Å². The number of nitrogens with one attached hydrogen (secondary N) is 1. The lowest BCUT2D eigenvalue weighted by atomic mass is 10.1. The largest absolute Gasteiger partial charge is 0.494 e. The van der Waals surface area contributed by atoms with Gasteiger partial charge in [0.1, 0.15) is 0 Å². The smallest absolute Gasteiger partial charge is 0.258 e. The summed E-state index contributed by atoms with van der Waals surface area (Å²) in [6.07, 6.45) is 2.33. The third-order valence-electron chi connectivity index (χ3n) is 5.36. The van der Waals surface area contributed by atoms with E-state index >= 15 is 0 Å². The molecule has 4 rings (SSSR count). The molecule has 1 saturated carbocycles. The fourth-order valence-electron chi connectivity index (χ4n) is 3.61. The highest BCUT2D eigenvalue weighted by Crippen LogP contribution is 2.43. The van der Waals surface area contributed by atoms with Crippen molar-refractivity contribution in [2.75, 3.05) is 13.7 Å². The summed E-state index contributed by atoms with van der Waals surface area (Å²) in [5.41, 5.74) is 3.53. The molecule has 0 spiro atoms. The van der Waals surface area contributed by atoms with Gasteiger partial charge in [0.2, 0.25) is 5.88 Å². The Morgan fingerprint density at radius 3 is 2.80 bits per heavy atom. The van der Waals surface area contributed by atoms with Gasteiger partial charge in [0, 0.05) is 24.4 Å². The first-order valence-corrected chi connectivity index (χ1v) is 9.97. The predicted octanol–water partition coefficient (Wildman–Crippen LogP) is 3.56. The molecule has 0 radical (unpaired) electrons. The van der Waals surface area contributed by atoms with Crippen molar-refractivity contribution in [1.29, 1.82) is 0 Å². The van der Waals surface area contributed by atoms with Gasteiger partial charge in [-0.2, -0.15) is 10.1 Å².